The number of imidazole rings is 1. The Hall–Kier alpha value is -6.23. The van der Waals surface area contributed by atoms with Crippen molar-refractivity contribution in [2.24, 2.45) is 0 Å². The number of carbonyl (C=O) groups excluding carboxylic acids is 2. The van der Waals surface area contributed by atoms with Crippen molar-refractivity contribution < 1.29 is 24.9 Å². The van der Waals surface area contributed by atoms with Crippen LogP contribution in [0.25, 0.3) is 17.1 Å². The molecular weight excluding hydrogens is 666 g/mol. The number of hydrogen-bond acceptors (Lipinski definition) is 11. The van der Waals surface area contributed by atoms with Gasteiger partial charge in [0.05, 0.1) is 48.7 Å². The van der Waals surface area contributed by atoms with Gasteiger partial charge in [0.1, 0.15) is 18.8 Å². The fourth-order valence-electron chi connectivity index (χ4n) is 6.40. The first kappa shape index (κ1) is 34.2. The fraction of sp³-hybridized carbons (Fsp3) is 0.250. The molecule has 7 N–H and O–H groups in total. The van der Waals surface area contributed by atoms with Crippen LogP contribution in [0.4, 0.5) is 16.3 Å². The molecule has 0 spiro atoms. The first-order chi connectivity index (χ1) is 25.4. The van der Waals surface area contributed by atoms with E-state index < -0.39 is 42.8 Å². The van der Waals surface area contributed by atoms with Gasteiger partial charge >= 0.3 is 6.03 Å². The van der Waals surface area contributed by atoms with Crippen LogP contribution in [0.5, 0.6) is 0 Å². The van der Waals surface area contributed by atoms with Crippen molar-refractivity contribution in [3.63, 3.8) is 0 Å². The summed E-state index contributed by atoms with van der Waals surface area (Å²) in [6.07, 6.45) is 3.77. The number of carbonyl (C=O) groups is 2. The topological polar surface area (TPSA) is 217 Å². The van der Waals surface area contributed by atoms with Crippen LogP contribution < -0.4 is 21.3 Å². The Morgan fingerprint density at radius 1 is 0.904 bits per heavy atom. The van der Waals surface area contributed by atoms with E-state index in [4.69, 9.17) is 9.97 Å². The lowest BCUT2D eigenvalue weighted by molar-refractivity contribution is -0.125. The summed E-state index contributed by atoms with van der Waals surface area (Å²) in [5.41, 5.74) is 4.03. The summed E-state index contributed by atoms with van der Waals surface area (Å²) < 4.78 is 3.05. The highest BCUT2D eigenvalue weighted by Gasteiger charge is 2.44. The quantitative estimate of drug-likeness (QED) is 0.0980. The molecule has 0 radical (unpaired) electrons. The van der Waals surface area contributed by atoms with Crippen molar-refractivity contribution in [3.8, 4) is 5.95 Å². The molecule has 1 aliphatic carbocycles. The van der Waals surface area contributed by atoms with Crippen molar-refractivity contribution in [1.82, 2.24) is 44.9 Å². The Morgan fingerprint density at radius 3 is 2.33 bits per heavy atom. The van der Waals surface area contributed by atoms with Crippen LogP contribution in [0, 0.1) is 0 Å². The molecule has 1 saturated carbocycles. The number of nitrogens with zero attached hydrogens (tertiary/aromatic N) is 7. The highest BCUT2D eigenvalue weighted by molar-refractivity contribution is 5.89. The average molecular weight is 704 g/mol. The molecule has 4 atom stereocenters. The molecule has 3 amide bonds. The van der Waals surface area contributed by atoms with Crippen molar-refractivity contribution in [1.29, 1.82) is 0 Å². The lowest BCUT2D eigenvalue weighted by Gasteiger charge is -2.20. The van der Waals surface area contributed by atoms with Gasteiger partial charge in [0.2, 0.25) is 5.91 Å². The van der Waals surface area contributed by atoms with Crippen LogP contribution in [0.1, 0.15) is 35.2 Å². The predicted octanol–water partition coefficient (Wildman–Crippen LogP) is 2.12. The number of rotatable bonds is 12. The van der Waals surface area contributed by atoms with Crippen molar-refractivity contribution in [2.75, 3.05) is 23.8 Å². The molecule has 1 aliphatic rings. The Bertz CT molecular complexity index is 2090. The van der Waals surface area contributed by atoms with Gasteiger partial charge in [-0.3, -0.25) is 9.78 Å². The standard InChI is InChI=1S/C36H37N11O5/c48-20-29(49)43-27-15-28(32(51)31(27)50)46-21-40-30-33(38-18-26(22-9-3-1-4-10-22)23-11-5-2-6-12-23)44-35(45-34(30)46)47-19-25(17-41-47)42-36(52)39-16-24-13-7-8-14-37-24/h1-14,17,19,21,26-28,31-32,48,50-51H,15-16,18,20H2,(H,43,49)(H,38,44,45)(H2,39,42,52)/t27-,28+,31+,32-/m0/s1. The summed E-state index contributed by atoms with van der Waals surface area (Å²) in [6.45, 7) is -0.0726. The maximum atomic E-state index is 12.6. The molecule has 0 saturated heterocycles. The zero-order valence-corrected chi connectivity index (χ0v) is 27.8. The van der Waals surface area contributed by atoms with Crippen molar-refractivity contribution in [3.05, 3.63) is 121 Å². The van der Waals surface area contributed by atoms with Crippen LogP contribution in [0.3, 0.4) is 0 Å². The zero-order chi connectivity index (χ0) is 36.0. The molecule has 0 bridgehead atoms. The second-order valence-corrected chi connectivity index (χ2v) is 12.4. The Morgan fingerprint density at radius 2 is 1.63 bits per heavy atom. The van der Waals surface area contributed by atoms with Crippen LogP contribution in [-0.2, 0) is 11.3 Å². The smallest absolute Gasteiger partial charge is 0.319 e. The predicted molar refractivity (Wildman–Crippen MR) is 190 cm³/mol. The number of amides is 3. The van der Waals surface area contributed by atoms with Gasteiger partial charge in [-0.25, -0.2) is 14.5 Å². The van der Waals surface area contributed by atoms with E-state index in [0.29, 0.717) is 34.9 Å². The normalized spacial score (nSPS) is 18.4. The summed E-state index contributed by atoms with van der Waals surface area (Å²) in [5, 5.41) is 47.1. The van der Waals surface area contributed by atoms with Gasteiger partial charge in [-0.2, -0.15) is 15.1 Å². The lowest BCUT2D eigenvalue weighted by atomic mass is 9.91. The van der Waals surface area contributed by atoms with E-state index in [1.165, 1.54) is 17.2 Å². The Balaban J connectivity index is 1.21. The second kappa shape index (κ2) is 15.3. The van der Waals surface area contributed by atoms with E-state index in [1.54, 1.807) is 29.1 Å². The maximum absolute atomic E-state index is 12.6. The number of aliphatic hydroxyl groups excluding tert-OH is 3. The second-order valence-electron chi connectivity index (χ2n) is 12.4. The fourth-order valence-corrected chi connectivity index (χ4v) is 6.40. The molecule has 7 rings (SSSR count). The number of anilines is 2. The number of urea groups is 1. The van der Waals surface area contributed by atoms with E-state index in [0.717, 1.165) is 11.1 Å². The summed E-state index contributed by atoms with van der Waals surface area (Å²) in [5.74, 6) is -0.172. The molecule has 1 fully saturated rings. The molecular formula is C36H37N11O5. The summed E-state index contributed by atoms with van der Waals surface area (Å²) in [6, 6.07) is 23.6. The molecule has 0 unspecified atom stereocenters. The summed E-state index contributed by atoms with van der Waals surface area (Å²) in [7, 11) is 0. The van der Waals surface area contributed by atoms with E-state index in [2.05, 4.69) is 60.6 Å². The number of pyridine rings is 1. The minimum absolute atomic E-state index is 0.0502. The lowest BCUT2D eigenvalue weighted by Crippen LogP contribution is -2.44. The van der Waals surface area contributed by atoms with E-state index in [1.807, 2.05) is 42.5 Å². The van der Waals surface area contributed by atoms with Crippen molar-refractivity contribution >= 4 is 34.6 Å². The molecule has 4 heterocycles. The van der Waals surface area contributed by atoms with Gasteiger partial charge in [0.25, 0.3) is 5.95 Å². The van der Waals surface area contributed by atoms with Gasteiger partial charge < -0.3 is 41.2 Å². The molecule has 266 valence electrons. The third kappa shape index (κ3) is 7.44. The third-order valence-corrected chi connectivity index (χ3v) is 8.99. The van der Waals surface area contributed by atoms with Crippen LogP contribution >= 0.6 is 0 Å². The van der Waals surface area contributed by atoms with Crippen LogP contribution in [-0.4, -0.2) is 92.9 Å². The van der Waals surface area contributed by atoms with Crippen molar-refractivity contribution in [2.45, 2.75) is 43.2 Å². The SMILES string of the molecule is O=C(CO)N[C@H]1C[C@@H](n2cnc3c(NCC(c4ccccc4)c4ccccc4)nc(-n4cc(NC(=O)NCc5ccccn5)cn4)nc32)[C@H](O)[C@@H]1O. The molecule has 16 nitrogen and oxygen atoms in total. The highest BCUT2D eigenvalue weighted by atomic mass is 16.3. The molecule has 52 heavy (non-hydrogen) atoms. The minimum Gasteiger partial charge on any atom is -0.388 e. The minimum atomic E-state index is -1.29. The highest BCUT2D eigenvalue weighted by Crippen LogP contribution is 2.35. The largest absolute Gasteiger partial charge is 0.388 e. The Kier molecular flexibility index (Phi) is 10.1. The third-order valence-electron chi connectivity index (χ3n) is 8.99. The van der Waals surface area contributed by atoms with E-state index in [-0.39, 0.29) is 24.8 Å². The van der Waals surface area contributed by atoms with Gasteiger partial charge in [-0.1, -0.05) is 66.7 Å². The van der Waals surface area contributed by atoms with Gasteiger partial charge in [-0.15, -0.1) is 0 Å². The number of nitrogens with one attached hydrogen (secondary N) is 4. The first-order valence-electron chi connectivity index (χ1n) is 16.7. The Labute approximate surface area is 297 Å². The molecule has 0 aliphatic heterocycles. The van der Waals surface area contributed by atoms with E-state index >= 15 is 0 Å². The molecule has 6 aromatic rings. The number of fused-ring (bicyclic) bond motifs is 1. The average Bonchev–Trinajstić information content (AvgIpc) is 3.90. The molecule has 16 heteroatoms. The first-order valence-corrected chi connectivity index (χ1v) is 16.7. The van der Waals surface area contributed by atoms with Gasteiger partial charge in [0, 0.05) is 18.7 Å². The monoisotopic (exact) mass is 703 g/mol. The number of hydrogen-bond donors (Lipinski definition) is 7. The molecule has 4 aromatic heterocycles. The number of aliphatic hydroxyl groups is 3. The summed E-state index contributed by atoms with van der Waals surface area (Å²) in [4.78, 5) is 43.0. The summed E-state index contributed by atoms with van der Waals surface area (Å²) >= 11 is 0. The van der Waals surface area contributed by atoms with E-state index in [9.17, 15) is 24.9 Å². The maximum Gasteiger partial charge on any atom is 0.319 e. The zero-order valence-electron chi connectivity index (χ0n) is 27.8. The van der Waals surface area contributed by atoms with Gasteiger partial charge in [0.15, 0.2) is 17.0 Å². The number of aromatic nitrogens is 7. The van der Waals surface area contributed by atoms with Crippen LogP contribution in [0.15, 0.2) is 104 Å². The van der Waals surface area contributed by atoms with Gasteiger partial charge in [-0.05, 0) is 29.7 Å². The molecule has 2 aromatic carbocycles. The number of benzene rings is 2. The van der Waals surface area contributed by atoms with Crippen LogP contribution in [0.2, 0.25) is 0 Å².